The molecule has 27 heavy (non-hydrogen) atoms. The van der Waals surface area contributed by atoms with Crippen LogP contribution in [0.2, 0.25) is 0 Å². The summed E-state index contributed by atoms with van der Waals surface area (Å²) in [5.41, 5.74) is 1.32. The Balaban J connectivity index is 1.97. The minimum atomic E-state index is -0.0827. The van der Waals surface area contributed by atoms with Gasteiger partial charge in [0, 0.05) is 17.1 Å². The van der Waals surface area contributed by atoms with Crippen LogP contribution in [0, 0.1) is 0 Å². The number of ether oxygens (including phenoxy) is 1. The third-order valence-electron chi connectivity index (χ3n) is 5.21. The molecule has 0 spiro atoms. The van der Waals surface area contributed by atoms with Crippen molar-refractivity contribution in [3.05, 3.63) is 10.4 Å². The third-order valence-corrected chi connectivity index (χ3v) is 7.24. The van der Waals surface area contributed by atoms with Crippen LogP contribution in [0.1, 0.15) is 50.5 Å². The molecule has 150 valence electrons. The zero-order valence-corrected chi connectivity index (χ0v) is 18.9. The van der Waals surface area contributed by atoms with Gasteiger partial charge in [-0.2, -0.15) is 0 Å². The lowest BCUT2D eigenvalue weighted by Crippen LogP contribution is -3.06. The molecule has 1 atom stereocenters. The molecule has 1 aliphatic heterocycles. The molecular formula is C20H33N4OS2+. The third kappa shape index (κ3) is 4.94. The number of fused-ring (bicyclic) bond motifs is 3. The Morgan fingerprint density at radius 3 is 2.81 bits per heavy atom. The molecule has 1 aliphatic rings. The van der Waals surface area contributed by atoms with Gasteiger partial charge in [0.05, 0.1) is 44.8 Å². The zero-order chi connectivity index (χ0) is 19.4. The highest BCUT2D eigenvalue weighted by Gasteiger charge is 2.33. The van der Waals surface area contributed by atoms with Crippen LogP contribution in [0.3, 0.4) is 0 Å². The van der Waals surface area contributed by atoms with Crippen LogP contribution in [0.5, 0.6) is 0 Å². The van der Waals surface area contributed by atoms with E-state index in [9.17, 15) is 0 Å². The largest absolute Gasteiger partial charge is 0.369 e. The number of thiophene rings is 1. The van der Waals surface area contributed by atoms with Crippen molar-refractivity contribution in [1.82, 2.24) is 9.97 Å². The molecular weight excluding hydrogens is 376 g/mol. The smallest absolute Gasteiger partial charge is 0.190 e. The van der Waals surface area contributed by atoms with Crippen molar-refractivity contribution in [2.45, 2.75) is 63.8 Å². The number of unbranched alkanes of at least 4 members (excludes halogenated alkanes) is 1. The lowest BCUT2D eigenvalue weighted by molar-refractivity contribution is -0.856. The minimum Gasteiger partial charge on any atom is -0.369 e. The first-order valence-corrected chi connectivity index (χ1v) is 11.9. The molecule has 2 aromatic heterocycles. The van der Waals surface area contributed by atoms with Crippen LogP contribution in [-0.2, 0) is 17.8 Å². The SMILES string of the molecule is CCCCSc1nc(NCC[NH+](C)C)c2c3c(sc2n1)CO[C@](C)(CC)C3. The van der Waals surface area contributed by atoms with Gasteiger partial charge in [0.25, 0.3) is 0 Å². The van der Waals surface area contributed by atoms with Gasteiger partial charge in [0.2, 0.25) is 0 Å². The molecule has 2 aromatic rings. The molecule has 0 bridgehead atoms. The van der Waals surface area contributed by atoms with E-state index in [1.165, 1.54) is 33.6 Å². The number of hydrogen-bond acceptors (Lipinski definition) is 6. The first kappa shape index (κ1) is 20.8. The number of nitrogens with one attached hydrogen (secondary N) is 2. The van der Waals surface area contributed by atoms with Crippen molar-refractivity contribution in [2.75, 3.05) is 38.3 Å². The Kier molecular flexibility index (Phi) is 7.00. The quantitative estimate of drug-likeness (QED) is 0.378. The summed E-state index contributed by atoms with van der Waals surface area (Å²) in [6.45, 7) is 9.32. The highest BCUT2D eigenvalue weighted by Crippen LogP contribution is 2.42. The Labute approximate surface area is 171 Å². The molecule has 0 radical (unpaired) electrons. The standard InChI is InChI=1S/C20H32N4OS2/c1-6-8-11-26-19-22-17(21-9-10-24(4)5)16-14-12-20(3,7-2)25-13-15(14)27-18(16)23-19/h6-13H2,1-5H3,(H,21,22,23)/p+1/t20-/m1/s1. The van der Waals surface area contributed by atoms with Crippen LogP contribution < -0.4 is 10.2 Å². The molecule has 0 fully saturated rings. The zero-order valence-electron chi connectivity index (χ0n) is 17.3. The van der Waals surface area contributed by atoms with E-state index in [1.54, 1.807) is 23.1 Å². The van der Waals surface area contributed by atoms with E-state index in [0.717, 1.165) is 47.5 Å². The second kappa shape index (κ2) is 9.07. The van der Waals surface area contributed by atoms with Crippen molar-refractivity contribution in [3.63, 3.8) is 0 Å². The molecule has 3 heterocycles. The Morgan fingerprint density at radius 1 is 1.30 bits per heavy atom. The van der Waals surface area contributed by atoms with E-state index < -0.39 is 0 Å². The van der Waals surface area contributed by atoms with Crippen molar-refractivity contribution >= 4 is 39.1 Å². The molecule has 0 saturated heterocycles. The molecule has 3 rings (SSSR count). The van der Waals surface area contributed by atoms with Gasteiger partial charge >= 0.3 is 0 Å². The second-order valence-electron chi connectivity index (χ2n) is 7.89. The fraction of sp³-hybridized carbons (Fsp3) is 0.700. The fourth-order valence-corrected chi connectivity index (χ4v) is 5.30. The topological polar surface area (TPSA) is 51.5 Å². The minimum absolute atomic E-state index is 0.0827. The summed E-state index contributed by atoms with van der Waals surface area (Å²) in [4.78, 5) is 13.7. The normalized spacial score (nSPS) is 19.6. The van der Waals surface area contributed by atoms with Crippen molar-refractivity contribution in [1.29, 1.82) is 0 Å². The maximum atomic E-state index is 6.17. The highest BCUT2D eigenvalue weighted by atomic mass is 32.2. The van der Waals surface area contributed by atoms with E-state index in [-0.39, 0.29) is 5.60 Å². The van der Waals surface area contributed by atoms with E-state index in [0.29, 0.717) is 6.61 Å². The monoisotopic (exact) mass is 409 g/mol. The number of rotatable bonds is 9. The number of aromatic nitrogens is 2. The van der Waals surface area contributed by atoms with Crippen LogP contribution in [0.25, 0.3) is 10.2 Å². The lowest BCUT2D eigenvalue weighted by atomic mass is 9.90. The van der Waals surface area contributed by atoms with Crippen LogP contribution in [-0.4, -0.2) is 48.5 Å². The summed E-state index contributed by atoms with van der Waals surface area (Å²) in [7, 11) is 4.36. The Bertz CT molecular complexity index is 777. The summed E-state index contributed by atoms with van der Waals surface area (Å²) >= 11 is 3.56. The number of likely N-dealkylation sites (N-methyl/N-ethyl adjacent to an activating group) is 1. The van der Waals surface area contributed by atoms with Gasteiger partial charge in [0.1, 0.15) is 10.6 Å². The number of thioether (sulfide) groups is 1. The lowest BCUT2D eigenvalue weighted by Gasteiger charge is -2.33. The second-order valence-corrected chi connectivity index (χ2v) is 10.0. The van der Waals surface area contributed by atoms with Gasteiger partial charge < -0.3 is 15.0 Å². The number of quaternary nitrogens is 1. The predicted octanol–water partition coefficient (Wildman–Crippen LogP) is 3.38. The average Bonchev–Trinajstić information content (AvgIpc) is 2.99. The van der Waals surface area contributed by atoms with Crippen molar-refractivity contribution in [2.24, 2.45) is 0 Å². The van der Waals surface area contributed by atoms with Gasteiger partial charge in [-0.3, -0.25) is 0 Å². The van der Waals surface area contributed by atoms with Crippen molar-refractivity contribution in [3.8, 4) is 0 Å². The van der Waals surface area contributed by atoms with Crippen molar-refractivity contribution < 1.29 is 9.64 Å². The first-order valence-electron chi connectivity index (χ1n) is 10.1. The van der Waals surface area contributed by atoms with Gasteiger partial charge in [0.15, 0.2) is 5.16 Å². The molecule has 0 amide bonds. The van der Waals surface area contributed by atoms with Gasteiger partial charge in [-0.1, -0.05) is 32.0 Å². The van der Waals surface area contributed by atoms with Crippen LogP contribution in [0.15, 0.2) is 5.16 Å². The fourth-order valence-electron chi connectivity index (χ4n) is 3.21. The molecule has 0 aromatic carbocycles. The van der Waals surface area contributed by atoms with E-state index in [2.05, 4.69) is 40.2 Å². The maximum absolute atomic E-state index is 6.17. The summed E-state index contributed by atoms with van der Waals surface area (Å²) in [5.74, 6) is 2.09. The number of anilines is 1. The molecule has 7 heteroatoms. The summed E-state index contributed by atoms with van der Waals surface area (Å²) in [6.07, 6.45) is 4.36. The van der Waals surface area contributed by atoms with Gasteiger partial charge in [-0.25, -0.2) is 9.97 Å². The molecule has 2 N–H and O–H groups in total. The maximum Gasteiger partial charge on any atom is 0.190 e. The molecule has 0 aliphatic carbocycles. The van der Waals surface area contributed by atoms with Crippen LogP contribution in [0.4, 0.5) is 5.82 Å². The average molecular weight is 410 g/mol. The first-order chi connectivity index (χ1) is 13.0. The Morgan fingerprint density at radius 2 is 2.11 bits per heavy atom. The van der Waals surface area contributed by atoms with E-state index in [1.807, 2.05) is 0 Å². The summed E-state index contributed by atoms with van der Waals surface area (Å²) < 4.78 is 6.17. The number of hydrogen-bond donors (Lipinski definition) is 2. The van der Waals surface area contributed by atoms with Crippen LogP contribution >= 0.6 is 23.1 Å². The van der Waals surface area contributed by atoms with Gasteiger partial charge in [-0.05, 0) is 25.3 Å². The molecule has 5 nitrogen and oxygen atoms in total. The van der Waals surface area contributed by atoms with E-state index >= 15 is 0 Å². The van der Waals surface area contributed by atoms with E-state index in [4.69, 9.17) is 14.7 Å². The molecule has 0 unspecified atom stereocenters. The summed E-state index contributed by atoms with van der Waals surface area (Å²) in [5, 5.41) is 5.74. The summed E-state index contributed by atoms with van der Waals surface area (Å²) in [6, 6.07) is 0. The number of nitrogens with zero attached hydrogens (tertiary/aromatic N) is 2. The van der Waals surface area contributed by atoms with Gasteiger partial charge in [-0.15, -0.1) is 11.3 Å². The predicted molar refractivity (Wildman–Crippen MR) is 116 cm³/mol. The highest BCUT2D eigenvalue weighted by molar-refractivity contribution is 7.99. The Hall–Kier alpha value is -0.890. The molecule has 0 saturated carbocycles.